The Morgan fingerprint density at radius 2 is 2.25 bits per heavy atom. The van der Waals surface area contributed by atoms with Gasteiger partial charge < -0.3 is 4.74 Å². The number of nitro benzene ring substituents is 1. The lowest BCUT2D eigenvalue weighted by atomic mass is 10.1. The number of nitro groups is 1. The van der Waals surface area contributed by atoms with Crippen LogP contribution in [0.25, 0.3) is 0 Å². The molecule has 0 amide bonds. The number of halogens is 1. The Hall–Kier alpha value is -1.94. The average molecular weight is 285 g/mol. The quantitative estimate of drug-likeness (QED) is 0.470. The molecule has 0 fully saturated rings. The number of rotatable bonds is 2. The number of hydrogen-bond acceptors (Lipinski definition) is 5. The Balaban J connectivity index is 3.48. The molecule has 0 radical (unpaired) electrons. The summed E-state index contributed by atoms with van der Waals surface area (Å²) in [5.74, 6) is -0.724. The molecular weight excluding hydrogens is 280 g/mol. The fourth-order valence-electron chi connectivity index (χ4n) is 1.10. The maximum Gasteiger partial charge on any atom is 0.340 e. The predicted molar refractivity (Wildman–Crippen MR) is 56.9 cm³/mol. The first kappa shape index (κ1) is 12.1. The van der Waals surface area contributed by atoms with Gasteiger partial charge in [-0.3, -0.25) is 10.1 Å². The van der Waals surface area contributed by atoms with Crippen LogP contribution in [-0.4, -0.2) is 18.0 Å². The van der Waals surface area contributed by atoms with Gasteiger partial charge in [-0.15, -0.1) is 0 Å². The van der Waals surface area contributed by atoms with Crippen LogP contribution in [0.5, 0.6) is 0 Å². The van der Waals surface area contributed by atoms with Gasteiger partial charge in [0.2, 0.25) is 0 Å². The molecule has 0 aromatic heterocycles. The van der Waals surface area contributed by atoms with Crippen molar-refractivity contribution in [3.63, 3.8) is 0 Å². The van der Waals surface area contributed by atoms with Crippen molar-refractivity contribution in [3.8, 4) is 6.07 Å². The molecule has 1 aromatic carbocycles. The summed E-state index contributed by atoms with van der Waals surface area (Å²) in [4.78, 5) is 21.2. The van der Waals surface area contributed by atoms with Crippen LogP contribution in [0.2, 0.25) is 0 Å². The van der Waals surface area contributed by atoms with Crippen LogP contribution in [0.1, 0.15) is 15.9 Å². The molecular formula is C9H5BrN2O4. The Kier molecular flexibility index (Phi) is 3.58. The number of carbonyl (C=O) groups is 1. The number of ether oxygens (including phenoxy) is 1. The Morgan fingerprint density at radius 3 is 2.69 bits per heavy atom. The molecule has 1 rings (SSSR count). The molecule has 0 spiro atoms. The van der Waals surface area contributed by atoms with Crippen molar-refractivity contribution in [2.75, 3.05) is 7.11 Å². The summed E-state index contributed by atoms with van der Waals surface area (Å²) < 4.78 is 4.63. The van der Waals surface area contributed by atoms with Gasteiger partial charge in [-0.25, -0.2) is 4.79 Å². The first-order chi connectivity index (χ1) is 7.51. The zero-order valence-corrected chi connectivity index (χ0v) is 9.65. The van der Waals surface area contributed by atoms with E-state index in [9.17, 15) is 14.9 Å². The molecule has 0 unspecified atom stereocenters. The lowest BCUT2D eigenvalue weighted by Gasteiger charge is -2.04. The van der Waals surface area contributed by atoms with E-state index in [2.05, 4.69) is 20.7 Å². The SMILES string of the molecule is COC(=O)c1c(Br)cc([N+](=O)[O-])cc1C#N. The molecule has 0 bridgehead atoms. The fraction of sp³-hybridized carbons (Fsp3) is 0.111. The fourth-order valence-corrected chi connectivity index (χ4v) is 1.71. The Labute approximate surface area is 98.7 Å². The minimum Gasteiger partial charge on any atom is -0.465 e. The molecule has 7 heteroatoms. The first-order valence-electron chi connectivity index (χ1n) is 3.97. The lowest BCUT2D eigenvalue weighted by molar-refractivity contribution is -0.385. The standard InChI is InChI=1S/C9H5BrN2O4/c1-16-9(13)8-5(4-11)2-6(12(14)15)3-7(8)10/h2-3H,1H3. The largest absolute Gasteiger partial charge is 0.465 e. The molecule has 0 saturated carbocycles. The summed E-state index contributed by atoms with van der Waals surface area (Å²) in [7, 11) is 1.16. The highest BCUT2D eigenvalue weighted by Gasteiger charge is 2.20. The van der Waals surface area contributed by atoms with E-state index in [0.717, 1.165) is 19.2 Å². The number of benzene rings is 1. The third kappa shape index (κ3) is 2.17. The van der Waals surface area contributed by atoms with Gasteiger partial charge in [0, 0.05) is 16.6 Å². The van der Waals surface area contributed by atoms with Gasteiger partial charge in [-0.1, -0.05) is 0 Å². The summed E-state index contributed by atoms with van der Waals surface area (Å²) >= 11 is 2.99. The number of nitrogens with zero attached hydrogens (tertiary/aromatic N) is 2. The van der Waals surface area contributed by atoms with Gasteiger partial charge in [-0.2, -0.15) is 5.26 Å². The monoisotopic (exact) mass is 284 g/mol. The zero-order valence-electron chi connectivity index (χ0n) is 8.06. The van der Waals surface area contributed by atoms with E-state index in [1.807, 2.05) is 0 Å². The number of esters is 1. The van der Waals surface area contributed by atoms with Crippen molar-refractivity contribution in [2.24, 2.45) is 0 Å². The molecule has 16 heavy (non-hydrogen) atoms. The lowest BCUT2D eigenvalue weighted by Crippen LogP contribution is -2.06. The number of non-ortho nitro benzene ring substituents is 1. The summed E-state index contributed by atoms with van der Waals surface area (Å²) in [6, 6.07) is 3.88. The van der Waals surface area contributed by atoms with Crippen LogP contribution in [0.3, 0.4) is 0 Å². The number of carbonyl (C=O) groups excluding carboxylic acids is 1. The van der Waals surface area contributed by atoms with Crippen LogP contribution >= 0.6 is 15.9 Å². The second-order valence-electron chi connectivity index (χ2n) is 2.71. The van der Waals surface area contributed by atoms with Crippen molar-refractivity contribution < 1.29 is 14.5 Å². The van der Waals surface area contributed by atoms with E-state index in [-0.39, 0.29) is 21.3 Å². The molecule has 82 valence electrons. The van der Waals surface area contributed by atoms with Crippen LogP contribution in [0, 0.1) is 21.4 Å². The normalized spacial score (nSPS) is 9.31. The molecule has 0 aliphatic heterocycles. The van der Waals surface area contributed by atoms with Gasteiger partial charge in [0.25, 0.3) is 5.69 Å². The molecule has 1 aromatic rings. The summed E-state index contributed by atoms with van der Waals surface area (Å²) in [6.45, 7) is 0. The van der Waals surface area contributed by atoms with E-state index in [1.165, 1.54) is 0 Å². The highest BCUT2D eigenvalue weighted by molar-refractivity contribution is 9.10. The molecule has 0 aliphatic carbocycles. The molecule has 0 saturated heterocycles. The number of methoxy groups -OCH3 is 1. The van der Waals surface area contributed by atoms with Crippen molar-refractivity contribution in [3.05, 3.63) is 37.8 Å². The summed E-state index contributed by atoms with van der Waals surface area (Å²) in [5.41, 5.74) is -0.389. The van der Waals surface area contributed by atoms with Crippen LogP contribution in [0.15, 0.2) is 16.6 Å². The third-order valence-corrected chi connectivity index (χ3v) is 2.42. The van der Waals surface area contributed by atoms with Gasteiger partial charge in [0.15, 0.2) is 0 Å². The van der Waals surface area contributed by atoms with Gasteiger partial charge >= 0.3 is 5.97 Å². The van der Waals surface area contributed by atoms with Gasteiger partial charge in [0.05, 0.1) is 23.2 Å². The predicted octanol–water partition coefficient (Wildman–Crippen LogP) is 2.02. The van der Waals surface area contributed by atoms with Crippen molar-refractivity contribution in [2.45, 2.75) is 0 Å². The van der Waals surface area contributed by atoms with Crippen LogP contribution in [-0.2, 0) is 4.74 Å². The van der Waals surface area contributed by atoms with Gasteiger partial charge in [-0.05, 0) is 15.9 Å². The second kappa shape index (κ2) is 4.72. The van der Waals surface area contributed by atoms with Gasteiger partial charge in [0.1, 0.15) is 6.07 Å². The van der Waals surface area contributed by atoms with E-state index in [1.54, 1.807) is 6.07 Å². The van der Waals surface area contributed by atoms with Crippen molar-refractivity contribution in [1.29, 1.82) is 5.26 Å². The molecule has 0 heterocycles. The highest BCUT2D eigenvalue weighted by Crippen LogP contribution is 2.27. The number of nitriles is 1. The van der Waals surface area contributed by atoms with E-state index < -0.39 is 10.9 Å². The zero-order chi connectivity index (χ0) is 12.3. The first-order valence-corrected chi connectivity index (χ1v) is 4.77. The van der Waals surface area contributed by atoms with Crippen LogP contribution in [0.4, 0.5) is 5.69 Å². The minimum atomic E-state index is -0.724. The second-order valence-corrected chi connectivity index (χ2v) is 3.56. The summed E-state index contributed by atoms with van der Waals surface area (Å²) in [6.07, 6.45) is 0. The molecule has 0 aliphatic rings. The Bertz CT molecular complexity index is 507. The van der Waals surface area contributed by atoms with E-state index in [0.29, 0.717) is 0 Å². The van der Waals surface area contributed by atoms with Crippen molar-refractivity contribution in [1.82, 2.24) is 0 Å². The molecule has 0 atom stereocenters. The van der Waals surface area contributed by atoms with E-state index >= 15 is 0 Å². The maximum atomic E-state index is 11.3. The average Bonchev–Trinajstić information content (AvgIpc) is 2.26. The van der Waals surface area contributed by atoms with E-state index in [4.69, 9.17) is 5.26 Å². The summed E-state index contributed by atoms with van der Waals surface area (Å²) in [5, 5.41) is 19.3. The highest BCUT2D eigenvalue weighted by atomic mass is 79.9. The molecule has 0 N–H and O–H groups in total. The smallest absolute Gasteiger partial charge is 0.340 e. The third-order valence-electron chi connectivity index (χ3n) is 1.80. The maximum absolute atomic E-state index is 11.3. The Morgan fingerprint density at radius 1 is 1.62 bits per heavy atom. The topological polar surface area (TPSA) is 93.2 Å². The molecule has 6 nitrogen and oxygen atoms in total. The minimum absolute atomic E-state index is 0.0180. The van der Waals surface area contributed by atoms with Crippen molar-refractivity contribution >= 4 is 27.6 Å². The number of hydrogen-bond donors (Lipinski definition) is 0. The van der Waals surface area contributed by atoms with Crippen LogP contribution < -0.4 is 0 Å².